The van der Waals surface area contributed by atoms with Gasteiger partial charge in [0, 0.05) is 23.8 Å². The summed E-state index contributed by atoms with van der Waals surface area (Å²) in [5, 5.41) is 10.8. The molecule has 3 heterocycles. The summed E-state index contributed by atoms with van der Waals surface area (Å²) in [6.07, 6.45) is -0.785. The van der Waals surface area contributed by atoms with Gasteiger partial charge < -0.3 is 29.2 Å². The Morgan fingerprint density at radius 3 is 2.35 bits per heavy atom. The Hall–Kier alpha value is -3.96. The number of rotatable bonds is 8. The minimum atomic E-state index is -4.68. The molecule has 1 unspecified atom stereocenters. The number of hydrogen-bond donors (Lipinski definition) is 0. The van der Waals surface area contributed by atoms with Crippen LogP contribution >= 0.6 is 0 Å². The average molecular weight is 518 g/mol. The van der Waals surface area contributed by atoms with Crippen molar-refractivity contribution in [3.63, 3.8) is 0 Å². The number of benzene rings is 2. The Bertz CT molecular complexity index is 1200. The second-order valence-corrected chi connectivity index (χ2v) is 9.16. The first-order valence-electron chi connectivity index (χ1n) is 11.9. The van der Waals surface area contributed by atoms with E-state index in [4.69, 9.17) is 9.47 Å². The molecule has 0 saturated carbocycles. The van der Waals surface area contributed by atoms with Crippen molar-refractivity contribution in [3.8, 4) is 17.5 Å². The van der Waals surface area contributed by atoms with Gasteiger partial charge in [0.05, 0.1) is 6.54 Å². The summed E-state index contributed by atoms with van der Waals surface area (Å²) >= 11 is 0. The summed E-state index contributed by atoms with van der Waals surface area (Å²) in [5.41, 5.74) is 2.10. The highest BCUT2D eigenvalue weighted by atomic mass is 19.4. The van der Waals surface area contributed by atoms with E-state index < -0.39 is 11.3 Å². The lowest BCUT2D eigenvalue weighted by atomic mass is 9.90. The molecule has 37 heavy (non-hydrogen) atoms. The number of hydrogen-bond acceptors (Lipinski definition) is 7. The van der Waals surface area contributed by atoms with Crippen LogP contribution in [0.4, 0.5) is 24.7 Å². The van der Waals surface area contributed by atoms with Crippen LogP contribution in [0.5, 0.6) is 17.5 Å². The van der Waals surface area contributed by atoms with E-state index >= 15 is 0 Å². The first-order valence-corrected chi connectivity index (χ1v) is 11.9. The van der Waals surface area contributed by atoms with E-state index in [-0.39, 0.29) is 23.7 Å². The molecular weight excluding hydrogens is 493 g/mol. The zero-order chi connectivity index (χ0) is 26.0. The zero-order valence-electron chi connectivity index (χ0n) is 19.8. The van der Waals surface area contributed by atoms with Crippen molar-refractivity contribution in [3.05, 3.63) is 70.4 Å². The van der Waals surface area contributed by atoms with Gasteiger partial charge in [-0.25, -0.2) is 0 Å². The quantitative estimate of drug-likeness (QED) is 0.307. The second kappa shape index (κ2) is 10.2. The van der Waals surface area contributed by atoms with E-state index in [0.29, 0.717) is 24.8 Å². The van der Waals surface area contributed by atoms with E-state index in [1.807, 2.05) is 24.3 Å². The molecule has 2 aromatic carbocycles. The molecule has 0 spiro atoms. The van der Waals surface area contributed by atoms with Crippen LogP contribution in [0.3, 0.4) is 0 Å². The van der Waals surface area contributed by atoms with E-state index in [9.17, 15) is 23.3 Å². The highest BCUT2D eigenvalue weighted by Gasteiger charge is 2.32. The minimum Gasteiger partial charge on any atom is -0.490 e. The van der Waals surface area contributed by atoms with E-state index in [0.717, 1.165) is 43.6 Å². The van der Waals surface area contributed by atoms with Crippen LogP contribution in [-0.2, 0) is 13.0 Å². The van der Waals surface area contributed by atoms with Crippen LogP contribution in [0.15, 0.2) is 54.7 Å². The Labute approximate surface area is 210 Å². The van der Waals surface area contributed by atoms with Crippen molar-refractivity contribution in [2.24, 2.45) is 5.92 Å². The molecule has 9 nitrogen and oxygen atoms in total. The van der Waals surface area contributed by atoms with Gasteiger partial charge in [0.15, 0.2) is 6.10 Å². The fraction of sp³-hybridized carbons (Fsp3) is 0.400. The number of ether oxygens (including phenoxy) is 3. The molecule has 196 valence electrons. The van der Waals surface area contributed by atoms with Gasteiger partial charge >= 0.3 is 18.2 Å². The smallest absolute Gasteiger partial charge is 0.490 e. The first-order chi connectivity index (χ1) is 17.7. The van der Waals surface area contributed by atoms with Crippen molar-refractivity contribution in [1.29, 1.82) is 0 Å². The molecule has 0 bridgehead atoms. The lowest BCUT2D eigenvalue weighted by Gasteiger charge is -2.33. The second-order valence-electron chi connectivity index (χ2n) is 9.16. The summed E-state index contributed by atoms with van der Waals surface area (Å²) in [5.74, 6) is 0.738. The molecule has 0 amide bonds. The summed E-state index contributed by atoms with van der Waals surface area (Å²) in [6, 6.07) is 14.2. The number of fused-ring (bicyclic) bond motifs is 1. The third-order valence-corrected chi connectivity index (χ3v) is 6.52. The maximum Gasteiger partial charge on any atom is 0.573 e. The molecule has 0 N–H and O–H groups in total. The van der Waals surface area contributed by atoms with E-state index in [1.54, 1.807) is 16.7 Å². The number of aromatic nitrogens is 2. The number of nitrogens with zero attached hydrogens (tertiary/aromatic N) is 4. The van der Waals surface area contributed by atoms with Crippen molar-refractivity contribution in [1.82, 2.24) is 9.55 Å². The average Bonchev–Trinajstić information content (AvgIpc) is 3.43. The SMILES string of the molecule is O=[N+]([O-])c1cn2c(n1)OC(COc1ccc(N3CCC(Cc4ccc(OC(F)(F)F)cc4)CC3)cc1)C2. The molecule has 1 saturated heterocycles. The molecule has 3 aromatic rings. The van der Waals surface area contributed by atoms with Crippen LogP contribution in [0.1, 0.15) is 18.4 Å². The van der Waals surface area contributed by atoms with Crippen LogP contribution < -0.4 is 19.1 Å². The molecule has 0 radical (unpaired) electrons. The topological polar surface area (TPSA) is 91.9 Å². The fourth-order valence-electron chi connectivity index (χ4n) is 4.69. The predicted octanol–water partition coefficient (Wildman–Crippen LogP) is 4.99. The summed E-state index contributed by atoms with van der Waals surface area (Å²) in [6.45, 7) is 2.53. The summed E-state index contributed by atoms with van der Waals surface area (Å²) in [7, 11) is 0. The Kier molecular flexibility index (Phi) is 6.81. The minimum absolute atomic E-state index is 0.201. The molecular formula is C25H25F3N4O5. The largest absolute Gasteiger partial charge is 0.573 e. The van der Waals surface area contributed by atoms with Gasteiger partial charge in [-0.2, -0.15) is 0 Å². The van der Waals surface area contributed by atoms with Crippen LogP contribution in [0, 0.1) is 16.0 Å². The molecule has 2 aliphatic heterocycles. The number of imidazole rings is 1. The van der Waals surface area contributed by atoms with Crippen LogP contribution in [0.2, 0.25) is 0 Å². The van der Waals surface area contributed by atoms with Crippen LogP contribution in [-0.4, -0.2) is 46.6 Å². The number of halogens is 3. The van der Waals surface area contributed by atoms with Gasteiger partial charge in [-0.15, -0.1) is 13.2 Å². The molecule has 12 heteroatoms. The van der Waals surface area contributed by atoms with Crippen LogP contribution in [0.25, 0.3) is 0 Å². The normalized spacial score (nSPS) is 17.8. The maximum atomic E-state index is 12.3. The molecule has 1 fully saturated rings. The predicted molar refractivity (Wildman–Crippen MR) is 127 cm³/mol. The number of piperidine rings is 1. The van der Waals surface area contributed by atoms with E-state index in [2.05, 4.69) is 14.6 Å². The zero-order valence-corrected chi connectivity index (χ0v) is 19.8. The van der Waals surface area contributed by atoms with Gasteiger partial charge in [0.25, 0.3) is 0 Å². The van der Waals surface area contributed by atoms with Crippen molar-refractivity contribution in [2.45, 2.75) is 38.3 Å². The van der Waals surface area contributed by atoms with Crippen molar-refractivity contribution >= 4 is 11.5 Å². The number of nitro groups is 1. The third-order valence-electron chi connectivity index (χ3n) is 6.52. The Balaban J connectivity index is 1.05. The first kappa shape index (κ1) is 24.7. The van der Waals surface area contributed by atoms with Gasteiger partial charge in [-0.1, -0.05) is 12.1 Å². The maximum absolute atomic E-state index is 12.3. The molecule has 0 aliphatic carbocycles. The summed E-state index contributed by atoms with van der Waals surface area (Å²) in [4.78, 5) is 16.4. The lowest BCUT2D eigenvalue weighted by molar-refractivity contribution is -0.389. The van der Waals surface area contributed by atoms with Gasteiger partial charge in [0.1, 0.15) is 24.3 Å². The van der Waals surface area contributed by atoms with E-state index in [1.165, 1.54) is 18.3 Å². The standard InChI is InChI=1S/C25H25F3N4O5/c26-25(27,28)37-21-5-1-17(2-6-21)13-18-9-11-30(12-10-18)19-3-7-20(8-4-19)35-16-22-14-31-15-23(32(33)34)29-24(31)36-22/h1-8,15,18,22H,9-14,16H2. The monoisotopic (exact) mass is 518 g/mol. The molecule has 1 aromatic heterocycles. The highest BCUT2D eigenvalue weighted by molar-refractivity contribution is 5.49. The Morgan fingerprint density at radius 2 is 1.73 bits per heavy atom. The van der Waals surface area contributed by atoms with Gasteiger partial charge in [-0.05, 0) is 72.1 Å². The third kappa shape index (κ3) is 6.25. The van der Waals surface area contributed by atoms with Crippen molar-refractivity contribution in [2.75, 3.05) is 24.6 Å². The lowest BCUT2D eigenvalue weighted by Crippen LogP contribution is -2.34. The fourth-order valence-corrected chi connectivity index (χ4v) is 4.69. The van der Waals surface area contributed by atoms with Gasteiger partial charge in [0.2, 0.25) is 0 Å². The number of anilines is 1. The highest BCUT2D eigenvalue weighted by Crippen LogP contribution is 2.29. The van der Waals surface area contributed by atoms with Gasteiger partial charge in [-0.3, -0.25) is 4.57 Å². The molecule has 2 aliphatic rings. The number of alkyl halides is 3. The van der Waals surface area contributed by atoms with Crippen molar-refractivity contribution < 1.29 is 32.3 Å². The Morgan fingerprint density at radius 1 is 1.05 bits per heavy atom. The summed E-state index contributed by atoms with van der Waals surface area (Å²) < 4.78 is 54.0. The molecule has 1 atom stereocenters. The molecule has 5 rings (SSSR count).